The van der Waals surface area contributed by atoms with Crippen LogP contribution in [0.15, 0.2) is 67.4 Å². The maximum atomic E-state index is 11.3. The summed E-state index contributed by atoms with van der Waals surface area (Å²) in [5.41, 5.74) is 2.85. The molecule has 0 spiro atoms. The fourth-order valence-corrected chi connectivity index (χ4v) is 3.32. The molecular formula is C21H22N5O. The van der Waals surface area contributed by atoms with Crippen molar-refractivity contribution in [3.63, 3.8) is 0 Å². The van der Waals surface area contributed by atoms with E-state index in [0.717, 1.165) is 22.2 Å². The lowest BCUT2D eigenvalue weighted by atomic mass is 9.90. The molecule has 4 aromatic rings. The molecule has 2 aromatic carbocycles. The molecule has 0 bridgehead atoms. The van der Waals surface area contributed by atoms with Crippen molar-refractivity contribution in [1.29, 1.82) is 0 Å². The first-order valence-corrected chi connectivity index (χ1v) is 8.92. The SMILES string of the molecule is [CH2]CC(O)(CNCc1ccccc1)c1c[nH]c2ccc(-n3cnnc3)cc12. The molecule has 2 aromatic heterocycles. The van der Waals surface area contributed by atoms with E-state index in [2.05, 4.69) is 39.6 Å². The lowest BCUT2D eigenvalue weighted by Gasteiger charge is -2.27. The van der Waals surface area contributed by atoms with E-state index >= 15 is 0 Å². The fourth-order valence-electron chi connectivity index (χ4n) is 3.32. The number of nitrogens with zero attached hydrogens (tertiary/aromatic N) is 3. The topological polar surface area (TPSA) is 78.8 Å². The van der Waals surface area contributed by atoms with Crippen LogP contribution in [-0.4, -0.2) is 31.4 Å². The number of aromatic amines is 1. The molecule has 1 radical (unpaired) electrons. The monoisotopic (exact) mass is 360 g/mol. The van der Waals surface area contributed by atoms with Crippen molar-refractivity contribution in [2.24, 2.45) is 0 Å². The van der Waals surface area contributed by atoms with Crippen LogP contribution >= 0.6 is 0 Å². The molecule has 6 nitrogen and oxygen atoms in total. The first-order valence-electron chi connectivity index (χ1n) is 8.92. The Morgan fingerprint density at radius 2 is 1.89 bits per heavy atom. The summed E-state index contributed by atoms with van der Waals surface area (Å²) < 4.78 is 1.84. The van der Waals surface area contributed by atoms with Gasteiger partial charge in [-0.15, -0.1) is 10.2 Å². The Morgan fingerprint density at radius 1 is 1.11 bits per heavy atom. The van der Waals surface area contributed by atoms with Gasteiger partial charge in [-0.2, -0.15) is 0 Å². The second kappa shape index (κ2) is 7.34. The van der Waals surface area contributed by atoms with Crippen molar-refractivity contribution in [3.8, 4) is 5.69 Å². The third-order valence-electron chi connectivity index (χ3n) is 4.89. The second-order valence-corrected chi connectivity index (χ2v) is 6.67. The Balaban J connectivity index is 1.60. The van der Waals surface area contributed by atoms with Crippen LogP contribution in [0.5, 0.6) is 0 Å². The van der Waals surface area contributed by atoms with E-state index in [0.29, 0.717) is 19.5 Å². The Kier molecular flexibility index (Phi) is 4.75. The average Bonchev–Trinajstić information content (AvgIpc) is 3.38. The van der Waals surface area contributed by atoms with Gasteiger partial charge >= 0.3 is 0 Å². The molecule has 6 heteroatoms. The first-order chi connectivity index (χ1) is 13.2. The van der Waals surface area contributed by atoms with Gasteiger partial charge in [-0.05, 0) is 30.2 Å². The normalized spacial score (nSPS) is 13.7. The highest BCUT2D eigenvalue weighted by Crippen LogP contribution is 2.32. The van der Waals surface area contributed by atoms with E-state index in [1.807, 2.05) is 47.2 Å². The summed E-state index contributed by atoms with van der Waals surface area (Å²) in [6.07, 6.45) is 5.54. The lowest BCUT2D eigenvalue weighted by Crippen LogP contribution is -2.37. The zero-order chi connectivity index (χ0) is 18.7. The number of hydrogen-bond donors (Lipinski definition) is 3. The summed E-state index contributed by atoms with van der Waals surface area (Å²) in [5.74, 6) is 0. The predicted octanol–water partition coefficient (Wildman–Crippen LogP) is 2.95. The van der Waals surface area contributed by atoms with E-state index in [-0.39, 0.29) is 0 Å². The molecule has 0 amide bonds. The van der Waals surface area contributed by atoms with Crippen molar-refractivity contribution in [2.45, 2.75) is 18.6 Å². The van der Waals surface area contributed by atoms with E-state index in [1.165, 1.54) is 5.56 Å². The van der Waals surface area contributed by atoms with Gasteiger partial charge in [-0.25, -0.2) is 0 Å². The number of aliphatic hydroxyl groups is 1. The summed E-state index contributed by atoms with van der Waals surface area (Å²) >= 11 is 0. The molecule has 4 rings (SSSR count). The maximum absolute atomic E-state index is 11.3. The van der Waals surface area contributed by atoms with Crippen molar-refractivity contribution < 1.29 is 5.11 Å². The number of H-pyrrole nitrogens is 1. The minimum Gasteiger partial charge on any atom is -0.384 e. The maximum Gasteiger partial charge on any atom is 0.123 e. The van der Waals surface area contributed by atoms with Crippen LogP contribution in [0.4, 0.5) is 0 Å². The van der Waals surface area contributed by atoms with Crippen LogP contribution in [0, 0.1) is 6.92 Å². The Hall–Kier alpha value is -2.96. The molecule has 1 atom stereocenters. The van der Waals surface area contributed by atoms with E-state index in [4.69, 9.17) is 0 Å². The van der Waals surface area contributed by atoms with Crippen molar-refractivity contribution >= 4 is 10.9 Å². The summed E-state index contributed by atoms with van der Waals surface area (Å²) in [6.45, 7) is 5.09. The predicted molar refractivity (Wildman–Crippen MR) is 105 cm³/mol. The molecule has 0 aliphatic heterocycles. The largest absolute Gasteiger partial charge is 0.384 e. The van der Waals surface area contributed by atoms with E-state index in [9.17, 15) is 5.11 Å². The quantitative estimate of drug-likeness (QED) is 0.473. The van der Waals surface area contributed by atoms with Gasteiger partial charge in [0, 0.05) is 41.4 Å². The summed E-state index contributed by atoms with van der Waals surface area (Å²) in [4.78, 5) is 3.25. The number of rotatable bonds is 7. The highest BCUT2D eigenvalue weighted by atomic mass is 16.3. The molecule has 0 fully saturated rings. The molecule has 3 N–H and O–H groups in total. The Labute approximate surface area is 157 Å². The molecule has 1 unspecified atom stereocenters. The standard InChI is InChI=1S/C21H22N5O/c1-2-21(27,13-22-11-16-6-4-3-5-7-16)19-12-23-20-9-8-17(10-18(19)20)26-14-24-25-15-26/h3-10,12,14-15,22-23,27H,1-2,11,13H2. The van der Waals surface area contributed by atoms with E-state index in [1.54, 1.807) is 12.7 Å². The third kappa shape index (κ3) is 3.49. The van der Waals surface area contributed by atoms with Crippen LogP contribution in [0.1, 0.15) is 17.5 Å². The van der Waals surface area contributed by atoms with Crippen LogP contribution < -0.4 is 5.32 Å². The molecule has 0 aliphatic rings. The van der Waals surface area contributed by atoms with Gasteiger partial charge in [-0.3, -0.25) is 4.57 Å². The van der Waals surface area contributed by atoms with Gasteiger partial charge in [0.1, 0.15) is 18.3 Å². The average molecular weight is 360 g/mol. The smallest absolute Gasteiger partial charge is 0.123 e. The zero-order valence-electron chi connectivity index (χ0n) is 15.0. The second-order valence-electron chi connectivity index (χ2n) is 6.67. The number of nitrogens with one attached hydrogen (secondary N) is 2. The Bertz CT molecular complexity index is 1010. The number of hydrogen-bond acceptors (Lipinski definition) is 4. The van der Waals surface area contributed by atoms with Gasteiger partial charge in [0.2, 0.25) is 0 Å². The van der Waals surface area contributed by atoms with Gasteiger partial charge < -0.3 is 15.4 Å². The van der Waals surface area contributed by atoms with Gasteiger partial charge in [0.05, 0.1) is 0 Å². The van der Waals surface area contributed by atoms with Crippen LogP contribution in [0.25, 0.3) is 16.6 Å². The first kappa shape index (κ1) is 17.5. The van der Waals surface area contributed by atoms with Gasteiger partial charge in [-0.1, -0.05) is 37.3 Å². The Morgan fingerprint density at radius 3 is 2.63 bits per heavy atom. The van der Waals surface area contributed by atoms with Crippen molar-refractivity contribution in [1.82, 2.24) is 25.1 Å². The molecule has 137 valence electrons. The molecule has 0 saturated carbocycles. The van der Waals surface area contributed by atoms with Crippen LogP contribution in [0.3, 0.4) is 0 Å². The van der Waals surface area contributed by atoms with Crippen LogP contribution in [0.2, 0.25) is 0 Å². The lowest BCUT2D eigenvalue weighted by molar-refractivity contribution is 0.0402. The number of benzene rings is 2. The summed E-state index contributed by atoms with van der Waals surface area (Å²) in [5, 5.41) is 23.3. The minimum atomic E-state index is -1.07. The highest BCUT2D eigenvalue weighted by Gasteiger charge is 2.29. The van der Waals surface area contributed by atoms with Crippen molar-refractivity contribution in [3.05, 3.63) is 85.4 Å². The third-order valence-corrected chi connectivity index (χ3v) is 4.89. The molecule has 27 heavy (non-hydrogen) atoms. The molecular weight excluding hydrogens is 338 g/mol. The van der Waals surface area contributed by atoms with Crippen molar-refractivity contribution in [2.75, 3.05) is 6.54 Å². The fraction of sp³-hybridized carbons (Fsp3) is 0.190. The highest BCUT2D eigenvalue weighted by molar-refractivity contribution is 5.86. The zero-order valence-corrected chi connectivity index (χ0v) is 15.0. The number of fused-ring (bicyclic) bond motifs is 1. The summed E-state index contributed by atoms with van der Waals surface area (Å²) in [7, 11) is 0. The van der Waals surface area contributed by atoms with Crippen LogP contribution in [-0.2, 0) is 12.1 Å². The minimum absolute atomic E-state index is 0.360. The molecule has 0 saturated heterocycles. The van der Waals surface area contributed by atoms with Gasteiger partial charge in [0.25, 0.3) is 0 Å². The molecule has 2 heterocycles. The van der Waals surface area contributed by atoms with Gasteiger partial charge in [0.15, 0.2) is 0 Å². The van der Waals surface area contributed by atoms with E-state index < -0.39 is 5.60 Å². The summed E-state index contributed by atoms with van der Waals surface area (Å²) in [6, 6.07) is 16.2. The molecule has 0 aliphatic carbocycles. The number of aromatic nitrogens is 4.